The van der Waals surface area contributed by atoms with E-state index in [1.54, 1.807) is 0 Å². The summed E-state index contributed by atoms with van der Waals surface area (Å²) in [5.41, 5.74) is 4.19. The zero-order valence-corrected chi connectivity index (χ0v) is 11.2. The van der Waals surface area contributed by atoms with Crippen LogP contribution in [0.5, 0.6) is 0 Å². The van der Waals surface area contributed by atoms with Crippen LogP contribution in [0.25, 0.3) is 0 Å². The molecular formula is C17H16N2O. The SMILES string of the molecule is O=C1CN=C(CCc2ccccc2)c2ccccc2N1. The topological polar surface area (TPSA) is 41.5 Å². The number of carbonyl (C=O) groups excluding carboxylic acids is 1. The lowest BCUT2D eigenvalue weighted by atomic mass is 10.0. The minimum atomic E-state index is -0.0489. The van der Waals surface area contributed by atoms with Gasteiger partial charge < -0.3 is 5.32 Å². The second kappa shape index (κ2) is 5.70. The molecule has 2 aromatic rings. The summed E-state index contributed by atoms with van der Waals surface area (Å²) in [6.45, 7) is 0.207. The van der Waals surface area contributed by atoms with Crippen LogP contribution in [0.1, 0.15) is 17.5 Å². The van der Waals surface area contributed by atoms with E-state index < -0.39 is 0 Å². The third-order valence-corrected chi connectivity index (χ3v) is 3.42. The van der Waals surface area contributed by atoms with E-state index in [2.05, 4.69) is 22.4 Å². The largest absolute Gasteiger partial charge is 0.324 e. The number of aliphatic imine (C=N–C) groups is 1. The summed E-state index contributed by atoms with van der Waals surface area (Å²) in [6, 6.07) is 18.2. The summed E-state index contributed by atoms with van der Waals surface area (Å²) >= 11 is 0. The number of nitrogens with zero attached hydrogens (tertiary/aromatic N) is 1. The normalized spacial score (nSPS) is 14.0. The molecule has 0 spiro atoms. The van der Waals surface area contributed by atoms with Crippen LogP contribution in [0, 0.1) is 0 Å². The van der Waals surface area contributed by atoms with Gasteiger partial charge in [-0.3, -0.25) is 9.79 Å². The van der Waals surface area contributed by atoms with Gasteiger partial charge in [-0.15, -0.1) is 0 Å². The molecular weight excluding hydrogens is 248 g/mol. The molecule has 0 bridgehead atoms. The van der Waals surface area contributed by atoms with Gasteiger partial charge in [-0.2, -0.15) is 0 Å². The molecule has 1 aliphatic heterocycles. The molecule has 1 aliphatic rings. The molecule has 1 heterocycles. The van der Waals surface area contributed by atoms with Crippen LogP contribution in [0.4, 0.5) is 5.69 Å². The van der Waals surface area contributed by atoms with Gasteiger partial charge in [0.05, 0.1) is 0 Å². The maximum Gasteiger partial charge on any atom is 0.246 e. The first-order valence-electron chi connectivity index (χ1n) is 6.79. The molecule has 0 aliphatic carbocycles. The van der Waals surface area contributed by atoms with Crippen molar-refractivity contribution in [1.29, 1.82) is 0 Å². The molecule has 20 heavy (non-hydrogen) atoms. The highest BCUT2D eigenvalue weighted by Crippen LogP contribution is 2.21. The molecule has 1 amide bonds. The number of benzodiazepines with no additional fused rings is 1. The lowest BCUT2D eigenvalue weighted by molar-refractivity contribution is -0.114. The lowest BCUT2D eigenvalue weighted by Gasteiger charge is -2.09. The number of hydrogen-bond donors (Lipinski definition) is 1. The number of anilines is 1. The minimum Gasteiger partial charge on any atom is -0.324 e. The van der Waals surface area contributed by atoms with Gasteiger partial charge in [0.1, 0.15) is 6.54 Å². The highest BCUT2D eigenvalue weighted by molar-refractivity contribution is 6.11. The van der Waals surface area contributed by atoms with Gasteiger partial charge in [-0.25, -0.2) is 0 Å². The van der Waals surface area contributed by atoms with Crippen LogP contribution in [0.15, 0.2) is 59.6 Å². The molecule has 0 aromatic heterocycles. The molecule has 3 heteroatoms. The Balaban J connectivity index is 1.83. The fourth-order valence-corrected chi connectivity index (χ4v) is 2.41. The van der Waals surface area contributed by atoms with Crippen LogP contribution in [0.3, 0.4) is 0 Å². The van der Waals surface area contributed by atoms with E-state index >= 15 is 0 Å². The molecule has 1 N–H and O–H groups in total. The number of para-hydroxylation sites is 1. The third kappa shape index (κ3) is 2.77. The van der Waals surface area contributed by atoms with Gasteiger partial charge in [-0.1, -0.05) is 48.5 Å². The Morgan fingerprint density at radius 1 is 0.950 bits per heavy atom. The summed E-state index contributed by atoms with van der Waals surface area (Å²) in [7, 11) is 0. The number of amides is 1. The maximum absolute atomic E-state index is 11.6. The van der Waals surface area contributed by atoms with Crippen molar-refractivity contribution in [3.05, 3.63) is 65.7 Å². The molecule has 0 radical (unpaired) electrons. The van der Waals surface area contributed by atoms with E-state index in [1.807, 2.05) is 42.5 Å². The fraction of sp³-hybridized carbons (Fsp3) is 0.176. The van der Waals surface area contributed by atoms with Gasteiger partial charge in [0.2, 0.25) is 5.91 Å². The first kappa shape index (κ1) is 12.6. The Morgan fingerprint density at radius 2 is 1.70 bits per heavy atom. The second-order valence-electron chi connectivity index (χ2n) is 4.84. The number of rotatable bonds is 3. The Morgan fingerprint density at radius 3 is 2.55 bits per heavy atom. The van der Waals surface area contributed by atoms with Crippen LogP contribution in [0.2, 0.25) is 0 Å². The Hall–Kier alpha value is -2.42. The summed E-state index contributed by atoms with van der Waals surface area (Å²) in [4.78, 5) is 16.1. The second-order valence-corrected chi connectivity index (χ2v) is 4.84. The summed E-state index contributed by atoms with van der Waals surface area (Å²) in [5, 5.41) is 2.90. The lowest BCUT2D eigenvalue weighted by Crippen LogP contribution is -2.13. The monoisotopic (exact) mass is 264 g/mol. The summed E-state index contributed by atoms with van der Waals surface area (Å²) in [5.74, 6) is -0.0489. The van der Waals surface area contributed by atoms with Gasteiger partial charge in [-0.05, 0) is 24.5 Å². The first-order valence-corrected chi connectivity index (χ1v) is 6.79. The summed E-state index contributed by atoms with van der Waals surface area (Å²) in [6.07, 6.45) is 1.78. The summed E-state index contributed by atoms with van der Waals surface area (Å²) < 4.78 is 0. The number of hydrogen-bond acceptors (Lipinski definition) is 2. The van der Waals surface area contributed by atoms with Gasteiger partial charge >= 0.3 is 0 Å². The van der Waals surface area contributed by atoms with Crippen LogP contribution < -0.4 is 5.32 Å². The van der Waals surface area contributed by atoms with Crippen molar-refractivity contribution >= 4 is 17.3 Å². The van der Waals surface area contributed by atoms with Gasteiger partial charge in [0.25, 0.3) is 0 Å². The van der Waals surface area contributed by atoms with Crippen molar-refractivity contribution in [1.82, 2.24) is 0 Å². The van der Waals surface area contributed by atoms with Crippen molar-refractivity contribution in [3.8, 4) is 0 Å². The minimum absolute atomic E-state index is 0.0489. The molecule has 0 unspecified atom stereocenters. The van der Waals surface area contributed by atoms with Crippen LogP contribution >= 0.6 is 0 Å². The fourth-order valence-electron chi connectivity index (χ4n) is 2.41. The number of nitrogens with one attached hydrogen (secondary N) is 1. The molecule has 0 atom stereocenters. The van der Waals surface area contributed by atoms with Crippen LogP contribution in [-0.4, -0.2) is 18.2 Å². The molecule has 100 valence electrons. The Bertz CT molecular complexity index is 647. The number of aryl methyl sites for hydroxylation is 1. The van der Waals surface area contributed by atoms with E-state index in [4.69, 9.17) is 0 Å². The van der Waals surface area contributed by atoms with Crippen molar-refractivity contribution in [2.24, 2.45) is 4.99 Å². The van der Waals surface area contributed by atoms with Gasteiger partial charge in [0.15, 0.2) is 0 Å². The maximum atomic E-state index is 11.6. The quantitative estimate of drug-likeness (QED) is 0.909. The van der Waals surface area contributed by atoms with Crippen molar-refractivity contribution in [3.63, 3.8) is 0 Å². The zero-order chi connectivity index (χ0) is 13.8. The highest BCUT2D eigenvalue weighted by Gasteiger charge is 2.15. The van der Waals surface area contributed by atoms with Crippen molar-refractivity contribution in [2.45, 2.75) is 12.8 Å². The Labute approximate surface area is 118 Å². The number of carbonyl (C=O) groups is 1. The Kier molecular flexibility index (Phi) is 3.59. The molecule has 3 nitrogen and oxygen atoms in total. The standard InChI is InChI=1S/C17H16N2O/c20-17-12-18-15(11-10-13-6-2-1-3-7-13)14-8-4-5-9-16(14)19-17/h1-9H,10-12H2,(H,19,20). The van der Waals surface area contributed by atoms with Gasteiger partial charge in [0, 0.05) is 17.0 Å². The predicted octanol–water partition coefficient (Wildman–Crippen LogP) is 3.06. The van der Waals surface area contributed by atoms with E-state index in [0.717, 1.165) is 29.8 Å². The smallest absolute Gasteiger partial charge is 0.246 e. The average molecular weight is 264 g/mol. The molecule has 2 aromatic carbocycles. The molecule has 0 saturated heterocycles. The van der Waals surface area contributed by atoms with E-state index in [0.29, 0.717) is 0 Å². The highest BCUT2D eigenvalue weighted by atomic mass is 16.1. The van der Waals surface area contributed by atoms with E-state index in [1.165, 1.54) is 5.56 Å². The third-order valence-electron chi connectivity index (χ3n) is 3.42. The predicted molar refractivity (Wildman–Crippen MR) is 81.2 cm³/mol. The molecule has 0 saturated carbocycles. The van der Waals surface area contributed by atoms with Crippen molar-refractivity contribution < 1.29 is 4.79 Å². The van der Waals surface area contributed by atoms with Crippen molar-refractivity contribution in [2.75, 3.05) is 11.9 Å². The van der Waals surface area contributed by atoms with E-state index in [9.17, 15) is 4.79 Å². The van der Waals surface area contributed by atoms with E-state index in [-0.39, 0.29) is 12.5 Å². The van der Waals surface area contributed by atoms with Crippen LogP contribution in [-0.2, 0) is 11.2 Å². The molecule has 0 fully saturated rings. The molecule has 3 rings (SSSR count). The zero-order valence-electron chi connectivity index (χ0n) is 11.2. The number of fused-ring (bicyclic) bond motifs is 1. The average Bonchev–Trinajstić information content (AvgIpc) is 2.65. The number of benzene rings is 2. The first-order chi connectivity index (χ1) is 9.83.